The highest BCUT2D eigenvalue weighted by Gasteiger charge is 2.59. The van der Waals surface area contributed by atoms with Gasteiger partial charge in [-0.1, -0.05) is 0 Å². The number of carbonyl (C=O) groups excluding carboxylic acids is 1. The molecule has 1 amide bonds. The lowest BCUT2D eigenvalue weighted by atomic mass is 9.91. The number of nitrogens with zero attached hydrogens (tertiary/aromatic N) is 1. The average Bonchev–Trinajstić information content (AvgIpc) is 3.06. The van der Waals surface area contributed by atoms with Gasteiger partial charge >= 0.3 is 0 Å². The van der Waals surface area contributed by atoms with E-state index in [0.29, 0.717) is 23.8 Å². The highest BCUT2D eigenvalue weighted by molar-refractivity contribution is 5.85. The number of amides is 1. The summed E-state index contributed by atoms with van der Waals surface area (Å²) in [6.45, 7) is 7.78. The molecule has 19 heavy (non-hydrogen) atoms. The first-order chi connectivity index (χ1) is 8.62. The third kappa shape index (κ3) is 2.76. The van der Waals surface area contributed by atoms with E-state index in [1.807, 2.05) is 0 Å². The number of nitrogens with one attached hydrogen (secondary N) is 1. The number of ether oxygens (including phenoxy) is 1. The third-order valence-corrected chi connectivity index (χ3v) is 4.98. The summed E-state index contributed by atoms with van der Waals surface area (Å²) in [5, 5.41) is 3.39. The van der Waals surface area contributed by atoms with Crippen molar-refractivity contribution in [2.75, 3.05) is 26.2 Å². The quantitative estimate of drug-likeness (QED) is 0.794. The Kier molecular flexibility index (Phi) is 4.43. The summed E-state index contributed by atoms with van der Waals surface area (Å²) in [6.07, 6.45) is 3.66. The first kappa shape index (κ1) is 15.1. The number of rotatable bonds is 1. The molecule has 4 nitrogen and oxygen atoms in total. The van der Waals surface area contributed by atoms with Gasteiger partial charge in [-0.15, -0.1) is 12.4 Å². The Bertz CT molecular complexity index is 344. The highest BCUT2D eigenvalue weighted by Crippen LogP contribution is 2.59. The average molecular weight is 289 g/mol. The summed E-state index contributed by atoms with van der Waals surface area (Å²) in [4.78, 5) is 14.7. The summed E-state index contributed by atoms with van der Waals surface area (Å²) in [5.41, 5.74) is 0.351. The van der Waals surface area contributed by atoms with Crippen LogP contribution in [-0.2, 0) is 9.53 Å². The van der Waals surface area contributed by atoms with Crippen molar-refractivity contribution in [3.8, 4) is 0 Å². The van der Waals surface area contributed by atoms with Crippen LogP contribution in [0.1, 0.15) is 33.1 Å². The molecular weight excluding hydrogens is 264 g/mol. The minimum Gasteiger partial charge on any atom is -0.375 e. The van der Waals surface area contributed by atoms with E-state index in [-0.39, 0.29) is 24.6 Å². The second kappa shape index (κ2) is 5.58. The fourth-order valence-corrected chi connectivity index (χ4v) is 3.58. The molecule has 5 heteroatoms. The normalized spacial score (nSPS) is 36.7. The molecule has 3 aliphatic rings. The van der Waals surface area contributed by atoms with Crippen LogP contribution in [-0.4, -0.2) is 49.2 Å². The number of hydrogen-bond acceptors (Lipinski definition) is 3. The molecule has 3 unspecified atom stereocenters. The lowest BCUT2D eigenvalue weighted by molar-refractivity contribution is -0.145. The molecule has 2 aliphatic heterocycles. The van der Waals surface area contributed by atoms with Gasteiger partial charge in [0.2, 0.25) is 5.91 Å². The fraction of sp³-hybridized carbons (Fsp3) is 0.929. The molecule has 1 saturated carbocycles. The van der Waals surface area contributed by atoms with Crippen LogP contribution >= 0.6 is 12.4 Å². The van der Waals surface area contributed by atoms with E-state index >= 15 is 0 Å². The SMILES string of the molecule is CC1CN(C(=O)C2CC23CCNCC3)C(C)CO1.Cl. The fourth-order valence-electron chi connectivity index (χ4n) is 3.58. The van der Waals surface area contributed by atoms with Crippen molar-refractivity contribution in [3.05, 3.63) is 0 Å². The Morgan fingerprint density at radius 2 is 2.00 bits per heavy atom. The molecular formula is C14H25ClN2O2. The smallest absolute Gasteiger partial charge is 0.226 e. The van der Waals surface area contributed by atoms with E-state index in [2.05, 4.69) is 24.1 Å². The Morgan fingerprint density at radius 3 is 2.68 bits per heavy atom. The molecule has 2 heterocycles. The van der Waals surface area contributed by atoms with E-state index < -0.39 is 0 Å². The minimum absolute atomic E-state index is 0. The maximum absolute atomic E-state index is 12.6. The van der Waals surface area contributed by atoms with Gasteiger partial charge in [0.1, 0.15) is 0 Å². The van der Waals surface area contributed by atoms with Gasteiger partial charge in [-0.2, -0.15) is 0 Å². The van der Waals surface area contributed by atoms with Crippen molar-refractivity contribution in [1.29, 1.82) is 0 Å². The number of piperidine rings is 1. The molecule has 1 aliphatic carbocycles. The summed E-state index contributed by atoms with van der Waals surface area (Å²) < 4.78 is 5.60. The molecule has 2 saturated heterocycles. The molecule has 0 bridgehead atoms. The second-order valence-corrected chi connectivity index (χ2v) is 6.35. The number of hydrogen-bond donors (Lipinski definition) is 1. The van der Waals surface area contributed by atoms with Gasteiger partial charge in [0.05, 0.1) is 18.8 Å². The lowest BCUT2D eigenvalue weighted by Gasteiger charge is -2.37. The highest BCUT2D eigenvalue weighted by atomic mass is 35.5. The Labute approximate surface area is 121 Å². The predicted molar refractivity (Wildman–Crippen MR) is 76.5 cm³/mol. The maximum Gasteiger partial charge on any atom is 0.226 e. The summed E-state index contributed by atoms with van der Waals surface area (Å²) in [6, 6.07) is 0.244. The van der Waals surface area contributed by atoms with Crippen molar-refractivity contribution in [1.82, 2.24) is 10.2 Å². The van der Waals surface area contributed by atoms with Gasteiger partial charge in [0.25, 0.3) is 0 Å². The second-order valence-electron chi connectivity index (χ2n) is 6.35. The van der Waals surface area contributed by atoms with Crippen LogP contribution in [0, 0.1) is 11.3 Å². The number of carbonyl (C=O) groups is 1. The molecule has 0 radical (unpaired) electrons. The van der Waals surface area contributed by atoms with Crippen LogP contribution in [0.2, 0.25) is 0 Å². The molecule has 110 valence electrons. The van der Waals surface area contributed by atoms with Crippen LogP contribution in [0.25, 0.3) is 0 Å². The van der Waals surface area contributed by atoms with Crippen LogP contribution < -0.4 is 5.32 Å². The van der Waals surface area contributed by atoms with Crippen molar-refractivity contribution < 1.29 is 9.53 Å². The zero-order chi connectivity index (χ0) is 12.8. The first-order valence-corrected chi connectivity index (χ1v) is 7.25. The van der Waals surface area contributed by atoms with Gasteiger partial charge in [0.15, 0.2) is 0 Å². The molecule has 3 fully saturated rings. The van der Waals surface area contributed by atoms with Crippen molar-refractivity contribution in [2.45, 2.75) is 45.3 Å². The third-order valence-electron chi connectivity index (χ3n) is 4.98. The summed E-state index contributed by atoms with van der Waals surface area (Å²) in [5.74, 6) is 0.687. The number of halogens is 1. The first-order valence-electron chi connectivity index (χ1n) is 7.25. The largest absolute Gasteiger partial charge is 0.375 e. The molecule has 0 aromatic carbocycles. The monoisotopic (exact) mass is 288 g/mol. The van der Waals surface area contributed by atoms with Gasteiger partial charge in [0, 0.05) is 12.5 Å². The zero-order valence-corrected chi connectivity index (χ0v) is 12.7. The van der Waals surface area contributed by atoms with Crippen LogP contribution in [0.3, 0.4) is 0 Å². The Hall–Kier alpha value is -0.320. The van der Waals surface area contributed by atoms with E-state index in [0.717, 1.165) is 26.1 Å². The molecule has 3 rings (SSSR count). The zero-order valence-electron chi connectivity index (χ0n) is 11.9. The number of morpholine rings is 1. The standard InChI is InChI=1S/C14H24N2O2.ClH/c1-10-9-18-11(2)8-16(10)13(17)12-7-14(12)3-5-15-6-4-14;/h10-12,15H,3-9H2,1-2H3;1H. The van der Waals surface area contributed by atoms with Crippen LogP contribution in [0.15, 0.2) is 0 Å². The van der Waals surface area contributed by atoms with Crippen LogP contribution in [0.5, 0.6) is 0 Å². The minimum atomic E-state index is 0. The molecule has 0 aromatic rings. The Balaban J connectivity index is 0.00000133. The lowest BCUT2D eigenvalue weighted by Crippen LogP contribution is -2.51. The molecule has 1 N–H and O–H groups in total. The van der Waals surface area contributed by atoms with E-state index in [9.17, 15) is 4.79 Å². The van der Waals surface area contributed by atoms with Gasteiger partial charge in [-0.25, -0.2) is 0 Å². The van der Waals surface area contributed by atoms with Crippen molar-refractivity contribution >= 4 is 18.3 Å². The van der Waals surface area contributed by atoms with E-state index in [4.69, 9.17) is 4.74 Å². The topological polar surface area (TPSA) is 41.6 Å². The van der Waals surface area contributed by atoms with E-state index in [1.165, 1.54) is 12.8 Å². The van der Waals surface area contributed by atoms with Crippen molar-refractivity contribution in [2.24, 2.45) is 11.3 Å². The predicted octanol–water partition coefficient (Wildman–Crippen LogP) is 1.43. The van der Waals surface area contributed by atoms with Gasteiger partial charge < -0.3 is 15.0 Å². The maximum atomic E-state index is 12.6. The summed E-state index contributed by atoms with van der Waals surface area (Å²) in [7, 11) is 0. The molecule has 3 atom stereocenters. The van der Waals surface area contributed by atoms with Crippen LogP contribution in [0.4, 0.5) is 0 Å². The van der Waals surface area contributed by atoms with Gasteiger partial charge in [-0.05, 0) is 51.6 Å². The molecule has 1 spiro atoms. The van der Waals surface area contributed by atoms with E-state index in [1.54, 1.807) is 0 Å². The van der Waals surface area contributed by atoms with Crippen molar-refractivity contribution in [3.63, 3.8) is 0 Å². The Morgan fingerprint density at radius 1 is 1.32 bits per heavy atom. The summed E-state index contributed by atoms with van der Waals surface area (Å²) >= 11 is 0. The van der Waals surface area contributed by atoms with Gasteiger partial charge in [-0.3, -0.25) is 4.79 Å². The molecule has 0 aromatic heterocycles.